The molecule has 0 fully saturated rings. The van der Waals surface area contributed by atoms with E-state index < -0.39 is 10.0 Å². The van der Waals surface area contributed by atoms with Gasteiger partial charge >= 0.3 is 0 Å². The molecule has 1 N–H and O–H groups in total. The Morgan fingerprint density at radius 2 is 1.87 bits per heavy atom. The van der Waals surface area contributed by atoms with Crippen LogP contribution in [0.15, 0.2) is 0 Å². The van der Waals surface area contributed by atoms with Gasteiger partial charge < -0.3 is 5.32 Å². The van der Waals surface area contributed by atoms with Crippen LogP contribution >= 0.6 is 0 Å². The van der Waals surface area contributed by atoms with Crippen LogP contribution in [0.2, 0.25) is 0 Å². The van der Waals surface area contributed by atoms with E-state index in [2.05, 4.69) is 5.32 Å². The van der Waals surface area contributed by atoms with Crippen LogP contribution in [0.5, 0.6) is 0 Å². The van der Waals surface area contributed by atoms with Gasteiger partial charge in [0.15, 0.2) is 0 Å². The fourth-order valence-corrected chi connectivity index (χ4v) is 2.83. The van der Waals surface area contributed by atoms with Crippen LogP contribution < -0.4 is 5.32 Å². The average Bonchev–Trinajstić information content (AvgIpc) is 2.17. The van der Waals surface area contributed by atoms with Gasteiger partial charge in [0, 0.05) is 12.6 Å². The lowest BCUT2D eigenvalue weighted by Crippen LogP contribution is -2.45. The Labute approximate surface area is 94.1 Å². The maximum atomic E-state index is 11.9. The highest BCUT2D eigenvalue weighted by atomic mass is 32.2. The first-order chi connectivity index (χ1) is 6.78. The number of hydrogen-bond donors (Lipinski definition) is 1. The normalized spacial score (nSPS) is 13.5. The summed E-state index contributed by atoms with van der Waals surface area (Å²) in [4.78, 5) is 0. The van der Waals surface area contributed by atoms with E-state index in [1.54, 1.807) is 7.05 Å². The molecule has 92 valence electrons. The fraction of sp³-hybridized carbons (Fsp3) is 1.00. The quantitative estimate of drug-likeness (QED) is 0.672. The molecule has 0 unspecified atom stereocenters. The predicted octanol–water partition coefficient (Wildman–Crippen LogP) is 1.05. The van der Waals surface area contributed by atoms with Crippen molar-refractivity contribution in [1.82, 2.24) is 9.62 Å². The topological polar surface area (TPSA) is 49.4 Å². The third kappa shape index (κ3) is 4.49. The minimum Gasteiger partial charge on any atom is -0.320 e. The molecule has 0 bridgehead atoms. The first-order valence-electron chi connectivity index (χ1n) is 5.39. The molecule has 0 aliphatic rings. The second kappa shape index (κ2) is 5.82. The highest BCUT2D eigenvalue weighted by Gasteiger charge is 2.30. The number of rotatable bonds is 7. The third-order valence-corrected chi connectivity index (χ3v) is 5.10. The first-order valence-corrected chi connectivity index (χ1v) is 7.00. The van der Waals surface area contributed by atoms with Crippen molar-refractivity contribution in [1.29, 1.82) is 0 Å². The van der Waals surface area contributed by atoms with Crippen molar-refractivity contribution in [3.8, 4) is 0 Å². The van der Waals surface area contributed by atoms with Crippen LogP contribution in [-0.4, -0.2) is 44.7 Å². The van der Waals surface area contributed by atoms with Gasteiger partial charge in [-0.05, 0) is 40.3 Å². The second-order valence-electron chi connectivity index (χ2n) is 4.41. The molecule has 0 aromatic rings. The van der Waals surface area contributed by atoms with Gasteiger partial charge in [0.25, 0.3) is 0 Å². The van der Waals surface area contributed by atoms with Crippen molar-refractivity contribution >= 4 is 10.0 Å². The monoisotopic (exact) mass is 236 g/mol. The molecule has 0 heterocycles. The van der Waals surface area contributed by atoms with Gasteiger partial charge in [-0.1, -0.05) is 6.92 Å². The molecule has 0 rings (SSSR count). The highest BCUT2D eigenvalue weighted by Crippen LogP contribution is 2.20. The van der Waals surface area contributed by atoms with Gasteiger partial charge in [-0.3, -0.25) is 0 Å². The maximum Gasteiger partial charge on any atom is 0.214 e. The van der Waals surface area contributed by atoms with Crippen molar-refractivity contribution in [2.75, 3.05) is 26.4 Å². The minimum atomic E-state index is -3.11. The smallest absolute Gasteiger partial charge is 0.214 e. The van der Waals surface area contributed by atoms with Gasteiger partial charge in [-0.15, -0.1) is 0 Å². The standard InChI is InChI=1S/C10H24N2O2S/c1-6-10(2,3)12(5)15(13,14)9-7-8-11-4/h11H,6-9H2,1-5H3. The molecular weight excluding hydrogens is 212 g/mol. The lowest BCUT2D eigenvalue weighted by atomic mass is 10.0. The molecule has 4 nitrogen and oxygen atoms in total. The van der Waals surface area contributed by atoms with Gasteiger partial charge in [0.1, 0.15) is 0 Å². The molecule has 0 aromatic carbocycles. The Morgan fingerprint density at radius 1 is 1.33 bits per heavy atom. The summed E-state index contributed by atoms with van der Waals surface area (Å²) in [7, 11) is 0.382. The number of hydrogen-bond acceptors (Lipinski definition) is 3. The molecule has 0 spiro atoms. The Balaban J connectivity index is 4.46. The van der Waals surface area contributed by atoms with E-state index in [9.17, 15) is 8.42 Å². The molecule has 0 amide bonds. The van der Waals surface area contributed by atoms with Crippen molar-refractivity contribution in [3.63, 3.8) is 0 Å². The zero-order valence-electron chi connectivity index (χ0n) is 10.5. The number of sulfonamides is 1. The van der Waals surface area contributed by atoms with E-state index in [4.69, 9.17) is 0 Å². The summed E-state index contributed by atoms with van der Waals surface area (Å²) in [5.74, 6) is 0.216. The predicted molar refractivity (Wildman–Crippen MR) is 64.5 cm³/mol. The zero-order chi connectivity index (χ0) is 12.1. The highest BCUT2D eigenvalue weighted by molar-refractivity contribution is 7.89. The van der Waals surface area contributed by atoms with Crippen LogP contribution in [0.1, 0.15) is 33.6 Å². The fourth-order valence-electron chi connectivity index (χ4n) is 1.17. The second-order valence-corrected chi connectivity index (χ2v) is 6.53. The molecule has 0 atom stereocenters. The van der Waals surface area contributed by atoms with Crippen molar-refractivity contribution < 1.29 is 8.42 Å². The Morgan fingerprint density at radius 3 is 2.27 bits per heavy atom. The van der Waals surface area contributed by atoms with Crippen molar-refractivity contribution in [3.05, 3.63) is 0 Å². The summed E-state index contributed by atoms with van der Waals surface area (Å²) in [6.07, 6.45) is 1.47. The summed E-state index contributed by atoms with van der Waals surface area (Å²) in [6, 6.07) is 0. The largest absolute Gasteiger partial charge is 0.320 e. The van der Waals surface area contributed by atoms with Crippen LogP contribution in [-0.2, 0) is 10.0 Å². The molecule has 0 saturated heterocycles. The molecule has 0 aliphatic carbocycles. The average molecular weight is 236 g/mol. The van der Waals surface area contributed by atoms with E-state index in [0.29, 0.717) is 6.42 Å². The molecule has 0 aliphatic heterocycles. The van der Waals surface area contributed by atoms with Gasteiger partial charge in [0.2, 0.25) is 10.0 Å². The number of nitrogens with one attached hydrogen (secondary N) is 1. The Hall–Kier alpha value is -0.130. The molecular formula is C10H24N2O2S. The molecule has 15 heavy (non-hydrogen) atoms. The first kappa shape index (κ1) is 14.9. The molecule has 0 aromatic heterocycles. The lowest BCUT2D eigenvalue weighted by Gasteiger charge is -2.33. The molecule has 5 heteroatoms. The molecule has 0 radical (unpaired) electrons. The third-order valence-electron chi connectivity index (χ3n) is 2.96. The SMILES string of the molecule is CCC(C)(C)N(C)S(=O)(=O)CCCNC. The Bertz CT molecular complexity index is 273. The van der Waals surface area contributed by atoms with Crippen molar-refractivity contribution in [2.24, 2.45) is 0 Å². The van der Waals surface area contributed by atoms with E-state index in [1.165, 1.54) is 4.31 Å². The number of nitrogens with zero attached hydrogens (tertiary/aromatic N) is 1. The molecule has 0 saturated carbocycles. The van der Waals surface area contributed by atoms with Gasteiger partial charge in [0.05, 0.1) is 5.75 Å². The summed E-state index contributed by atoms with van der Waals surface area (Å²) >= 11 is 0. The van der Waals surface area contributed by atoms with Crippen LogP contribution in [0, 0.1) is 0 Å². The zero-order valence-corrected chi connectivity index (χ0v) is 11.3. The summed E-state index contributed by atoms with van der Waals surface area (Å²) in [5, 5.41) is 2.95. The van der Waals surface area contributed by atoms with Crippen LogP contribution in [0.3, 0.4) is 0 Å². The Kier molecular flexibility index (Phi) is 5.77. The summed E-state index contributed by atoms with van der Waals surface area (Å²) < 4.78 is 25.3. The maximum absolute atomic E-state index is 11.9. The van der Waals surface area contributed by atoms with Crippen LogP contribution in [0.4, 0.5) is 0 Å². The van der Waals surface area contributed by atoms with E-state index in [1.807, 2.05) is 27.8 Å². The van der Waals surface area contributed by atoms with Gasteiger partial charge in [-0.25, -0.2) is 8.42 Å². The van der Waals surface area contributed by atoms with Gasteiger partial charge in [-0.2, -0.15) is 4.31 Å². The summed E-state index contributed by atoms with van der Waals surface area (Å²) in [6.45, 7) is 6.63. The van der Waals surface area contributed by atoms with E-state index >= 15 is 0 Å². The van der Waals surface area contributed by atoms with Crippen LogP contribution in [0.25, 0.3) is 0 Å². The van der Waals surface area contributed by atoms with E-state index in [0.717, 1.165) is 13.0 Å². The lowest BCUT2D eigenvalue weighted by molar-refractivity contribution is 0.257. The van der Waals surface area contributed by atoms with E-state index in [-0.39, 0.29) is 11.3 Å². The minimum absolute atomic E-state index is 0.216. The van der Waals surface area contributed by atoms with Crippen molar-refractivity contribution in [2.45, 2.75) is 39.2 Å². The summed E-state index contributed by atoms with van der Waals surface area (Å²) in [5.41, 5.74) is -0.293.